The molecule has 4 amide bonds. The largest absolute Gasteiger partial charge is 0.444 e. The molecule has 1 heterocycles. The van der Waals surface area contributed by atoms with Gasteiger partial charge < -0.3 is 25.6 Å². The number of carbonyl (C=O) groups excluding carboxylic acids is 4. The number of ether oxygens (including phenoxy) is 1. The Bertz CT molecular complexity index is 870. The standard InChI is InChI=1S/C23H34N4O5/c1-22(2,3)27-14-16(11-19(27)29)20(30)26-17-9-7-8-15(10-17)12-24-18(28)13-25-21(31)32-23(4,5)6/h7-10,16H,11-14H2,1-6H3,(H,24,28)(H,25,31)(H,26,30). The van der Waals surface area contributed by atoms with Crippen molar-refractivity contribution in [1.82, 2.24) is 15.5 Å². The number of alkyl carbamates (subject to hydrolysis) is 1. The number of likely N-dealkylation sites (tertiary alicyclic amines) is 1. The second kappa shape index (κ2) is 10.0. The van der Waals surface area contributed by atoms with Crippen LogP contribution in [-0.4, -0.2) is 52.9 Å². The molecule has 1 unspecified atom stereocenters. The molecular formula is C23H34N4O5. The summed E-state index contributed by atoms with van der Waals surface area (Å²) in [7, 11) is 0. The minimum atomic E-state index is -0.659. The predicted molar refractivity (Wildman–Crippen MR) is 121 cm³/mol. The van der Waals surface area contributed by atoms with Gasteiger partial charge in [-0.25, -0.2) is 4.79 Å². The molecule has 2 rings (SSSR count). The summed E-state index contributed by atoms with van der Waals surface area (Å²) >= 11 is 0. The second-order valence-corrected chi connectivity index (χ2v) is 9.90. The highest BCUT2D eigenvalue weighted by Crippen LogP contribution is 2.26. The summed E-state index contributed by atoms with van der Waals surface area (Å²) in [5, 5.41) is 7.97. The molecule has 1 aliphatic heterocycles. The van der Waals surface area contributed by atoms with Crippen LogP contribution < -0.4 is 16.0 Å². The number of hydrogen-bond donors (Lipinski definition) is 3. The minimum absolute atomic E-state index is 0.0193. The van der Waals surface area contributed by atoms with Crippen LogP contribution in [-0.2, 0) is 25.7 Å². The van der Waals surface area contributed by atoms with Gasteiger partial charge in [-0.2, -0.15) is 0 Å². The fourth-order valence-corrected chi connectivity index (χ4v) is 3.26. The molecular weight excluding hydrogens is 412 g/mol. The van der Waals surface area contributed by atoms with Gasteiger partial charge in [-0.15, -0.1) is 0 Å². The number of hydrogen-bond acceptors (Lipinski definition) is 5. The molecule has 3 N–H and O–H groups in total. The molecule has 0 saturated carbocycles. The SMILES string of the molecule is CC(C)(C)OC(=O)NCC(=O)NCc1cccc(NC(=O)C2CC(=O)N(C(C)(C)C)C2)c1. The average Bonchev–Trinajstić information content (AvgIpc) is 3.06. The zero-order valence-corrected chi connectivity index (χ0v) is 19.7. The molecule has 32 heavy (non-hydrogen) atoms. The van der Waals surface area contributed by atoms with E-state index in [9.17, 15) is 19.2 Å². The average molecular weight is 447 g/mol. The molecule has 1 atom stereocenters. The lowest BCUT2D eigenvalue weighted by atomic mass is 10.1. The number of rotatable bonds is 6. The molecule has 9 nitrogen and oxygen atoms in total. The Labute approximate surface area is 189 Å². The highest BCUT2D eigenvalue weighted by molar-refractivity contribution is 5.97. The van der Waals surface area contributed by atoms with Crippen LogP contribution in [0.4, 0.5) is 10.5 Å². The van der Waals surface area contributed by atoms with Gasteiger partial charge in [0.05, 0.1) is 5.92 Å². The number of amides is 4. The van der Waals surface area contributed by atoms with Gasteiger partial charge in [-0.1, -0.05) is 12.1 Å². The summed E-state index contributed by atoms with van der Waals surface area (Å²) < 4.78 is 5.08. The van der Waals surface area contributed by atoms with Gasteiger partial charge in [0.1, 0.15) is 12.1 Å². The molecule has 9 heteroatoms. The maximum Gasteiger partial charge on any atom is 0.408 e. The van der Waals surface area contributed by atoms with Gasteiger partial charge in [0.15, 0.2) is 0 Å². The molecule has 0 spiro atoms. The lowest BCUT2D eigenvalue weighted by Gasteiger charge is -2.31. The highest BCUT2D eigenvalue weighted by atomic mass is 16.6. The molecule has 1 aromatic rings. The topological polar surface area (TPSA) is 117 Å². The van der Waals surface area contributed by atoms with Crippen LogP contribution in [0.5, 0.6) is 0 Å². The molecule has 1 aromatic carbocycles. The fourth-order valence-electron chi connectivity index (χ4n) is 3.26. The van der Waals surface area contributed by atoms with Crippen LogP contribution in [0.25, 0.3) is 0 Å². The molecule has 0 radical (unpaired) electrons. The zero-order valence-electron chi connectivity index (χ0n) is 19.7. The van der Waals surface area contributed by atoms with Crippen molar-refractivity contribution in [1.29, 1.82) is 0 Å². The van der Waals surface area contributed by atoms with Gasteiger partial charge in [-0.05, 0) is 59.2 Å². The third kappa shape index (κ3) is 7.86. The summed E-state index contributed by atoms with van der Waals surface area (Å²) in [5.41, 5.74) is 0.424. The lowest BCUT2D eigenvalue weighted by Crippen LogP contribution is -2.42. The first-order valence-electron chi connectivity index (χ1n) is 10.7. The first-order valence-corrected chi connectivity index (χ1v) is 10.7. The van der Waals surface area contributed by atoms with Crippen molar-refractivity contribution < 1.29 is 23.9 Å². The molecule has 0 aromatic heterocycles. The Balaban J connectivity index is 1.83. The number of anilines is 1. The number of carbonyl (C=O) groups is 4. The van der Waals surface area contributed by atoms with E-state index >= 15 is 0 Å². The van der Waals surface area contributed by atoms with Crippen LogP contribution in [0, 0.1) is 5.92 Å². The summed E-state index contributed by atoms with van der Waals surface area (Å²) in [4.78, 5) is 50.2. The summed E-state index contributed by atoms with van der Waals surface area (Å²) in [6, 6.07) is 7.11. The van der Waals surface area contributed by atoms with E-state index in [4.69, 9.17) is 4.74 Å². The van der Waals surface area contributed by atoms with Crippen LogP contribution in [0.15, 0.2) is 24.3 Å². The van der Waals surface area contributed by atoms with Crippen molar-refractivity contribution >= 4 is 29.5 Å². The van der Waals surface area contributed by atoms with Gasteiger partial charge in [0, 0.05) is 30.7 Å². The summed E-state index contributed by atoms with van der Waals surface area (Å²) in [6.07, 6.45) is -0.462. The third-order valence-corrected chi connectivity index (χ3v) is 4.78. The smallest absolute Gasteiger partial charge is 0.408 e. The Morgan fingerprint density at radius 2 is 1.78 bits per heavy atom. The van der Waals surface area contributed by atoms with Crippen molar-refractivity contribution in [2.75, 3.05) is 18.4 Å². The molecule has 176 valence electrons. The zero-order chi connectivity index (χ0) is 24.1. The van der Waals surface area contributed by atoms with Gasteiger partial charge in [-0.3, -0.25) is 14.4 Å². The summed E-state index contributed by atoms with van der Waals surface area (Å²) in [6.45, 7) is 11.5. The van der Waals surface area contributed by atoms with Crippen LogP contribution in [0.1, 0.15) is 53.5 Å². The van der Waals surface area contributed by atoms with Gasteiger partial charge in [0.2, 0.25) is 17.7 Å². The van der Waals surface area contributed by atoms with Crippen molar-refractivity contribution in [2.24, 2.45) is 5.92 Å². The van der Waals surface area contributed by atoms with Crippen molar-refractivity contribution in [3.63, 3.8) is 0 Å². The van der Waals surface area contributed by atoms with E-state index in [1.54, 1.807) is 43.9 Å². The Kier molecular flexibility index (Phi) is 7.87. The second-order valence-electron chi connectivity index (χ2n) is 9.90. The normalized spacial score (nSPS) is 16.5. The van der Waals surface area contributed by atoms with E-state index in [2.05, 4.69) is 16.0 Å². The number of nitrogens with zero attached hydrogens (tertiary/aromatic N) is 1. The van der Waals surface area contributed by atoms with E-state index < -0.39 is 17.6 Å². The lowest BCUT2D eigenvalue weighted by molar-refractivity contribution is -0.131. The fraction of sp³-hybridized carbons (Fsp3) is 0.565. The van der Waals surface area contributed by atoms with E-state index in [1.807, 2.05) is 26.8 Å². The minimum Gasteiger partial charge on any atom is -0.444 e. The van der Waals surface area contributed by atoms with Crippen molar-refractivity contribution in [3.8, 4) is 0 Å². The Morgan fingerprint density at radius 1 is 1.09 bits per heavy atom. The van der Waals surface area contributed by atoms with Crippen molar-refractivity contribution in [2.45, 2.75) is 65.6 Å². The van der Waals surface area contributed by atoms with Gasteiger partial charge in [0.25, 0.3) is 0 Å². The summed E-state index contributed by atoms with van der Waals surface area (Å²) in [5.74, 6) is -0.983. The molecule has 0 bridgehead atoms. The molecule has 1 fully saturated rings. The number of benzene rings is 1. The van der Waals surface area contributed by atoms with Gasteiger partial charge >= 0.3 is 6.09 Å². The maximum atomic E-state index is 12.6. The first kappa shape index (κ1) is 25.2. The van der Waals surface area contributed by atoms with Crippen LogP contribution >= 0.6 is 0 Å². The van der Waals surface area contributed by atoms with E-state index in [-0.39, 0.29) is 42.8 Å². The Morgan fingerprint density at radius 3 is 2.38 bits per heavy atom. The van der Waals surface area contributed by atoms with E-state index in [0.717, 1.165) is 5.56 Å². The number of nitrogens with one attached hydrogen (secondary N) is 3. The van der Waals surface area contributed by atoms with Crippen LogP contribution in [0.3, 0.4) is 0 Å². The van der Waals surface area contributed by atoms with E-state index in [1.165, 1.54) is 0 Å². The van der Waals surface area contributed by atoms with Crippen molar-refractivity contribution in [3.05, 3.63) is 29.8 Å². The maximum absolute atomic E-state index is 12.6. The Hall–Kier alpha value is -3.10. The van der Waals surface area contributed by atoms with E-state index in [0.29, 0.717) is 12.2 Å². The first-order chi connectivity index (χ1) is 14.7. The highest BCUT2D eigenvalue weighted by Gasteiger charge is 2.39. The molecule has 1 saturated heterocycles. The quantitative estimate of drug-likeness (QED) is 0.620. The van der Waals surface area contributed by atoms with Crippen LogP contribution in [0.2, 0.25) is 0 Å². The monoisotopic (exact) mass is 446 g/mol. The predicted octanol–water partition coefficient (Wildman–Crippen LogP) is 2.41. The third-order valence-electron chi connectivity index (χ3n) is 4.78. The molecule has 1 aliphatic rings. The molecule has 0 aliphatic carbocycles.